The molecular formula is C21H41NO4. The second-order valence-electron chi connectivity index (χ2n) is 7.61. The Kier molecular flexibility index (Phi) is 17.8. The van der Waals surface area contributed by atoms with Gasteiger partial charge in [0.15, 0.2) is 0 Å². The number of unbranched alkanes of at least 4 members (excludes halogenated alkanes) is 14. The number of carbonyl (C=O) groups is 1. The number of carboxylic acid groups (broad SMARTS) is 1. The predicted octanol–water partition coefficient (Wildman–Crippen LogP) is 6.76. The highest BCUT2D eigenvalue weighted by molar-refractivity contribution is 5.66. The van der Waals surface area contributed by atoms with Gasteiger partial charge in [0.1, 0.15) is 0 Å². The van der Waals surface area contributed by atoms with Crippen LogP contribution in [-0.2, 0) is 4.79 Å². The fourth-order valence-electron chi connectivity index (χ4n) is 3.40. The summed E-state index contributed by atoms with van der Waals surface area (Å²) in [5.74, 6) is -0.951. The Balaban J connectivity index is 3.32. The fourth-order valence-corrected chi connectivity index (χ4v) is 3.40. The van der Waals surface area contributed by atoms with Gasteiger partial charge in [0.05, 0.1) is 6.42 Å². The van der Waals surface area contributed by atoms with Crippen molar-refractivity contribution in [3.8, 4) is 0 Å². The lowest BCUT2D eigenvalue weighted by molar-refractivity contribution is -0.524. The van der Waals surface area contributed by atoms with Gasteiger partial charge in [-0.05, 0) is 6.42 Å². The minimum atomic E-state index is -0.951. The van der Waals surface area contributed by atoms with Gasteiger partial charge in [-0.3, -0.25) is 14.9 Å². The van der Waals surface area contributed by atoms with Crippen molar-refractivity contribution in [2.24, 2.45) is 0 Å². The van der Waals surface area contributed by atoms with Crippen LogP contribution in [0, 0.1) is 10.1 Å². The molecule has 0 aromatic carbocycles. The Morgan fingerprint density at radius 3 is 1.50 bits per heavy atom. The first-order valence-electron chi connectivity index (χ1n) is 10.9. The summed E-state index contributed by atoms with van der Waals surface area (Å²) in [4.78, 5) is 21.1. The van der Waals surface area contributed by atoms with Crippen LogP contribution >= 0.6 is 0 Å². The first-order chi connectivity index (χ1) is 12.6. The third-order valence-electron chi connectivity index (χ3n) is 5.13. The van der Waals surface area contributed by atoms with E-state index in [1.165, 1.54) is 77.0 Å². The summed E-state index contributed by atoms with van der Waals surface area (Å²) in [5.41, 5.74) is 0. The Morgan fingerprint density at radius 2 is 1.15 bits per heavy atom. The minimum absolute atomic E-state index is 0.107. The van der Waals surface area contributed by atoms with E-state index in [-0.39, 0.29) is 17.8 Å². The topological polar surface area (TPSA) is 80.4 Å². The van der Waals surface area contributed by atoms with Crippen LogP contribution in [0.5, 0.6) is 0 Å². The van der Waals surface area contributed by atoms with Crippen LogP contribution in [-0.4, -0.2) is 22.0 Å². The third-order valence-corrected chi connectivity index (χ3v) is 5.13. The molecule has 0 aliphatic rings. The van der Waals surface area contributed by atoms with Crippen molar-refractivity contribution in [1.82, 2.24) is 0 Å². The van der Waals surface area contributed by atoms with Gasteiger partial charge in [-0.25, -0.2) is 0 Å². The van der Waals surface area contributed by atoms with E-state index in [9.17, 15) is 14.9 Å². The molecule has 0 aliphatic carbocycles. The summed E-state index contributed by atoms with van der Waals surface area (Å²) in [6.07, 6.45) is 19.7. The Bertz CT molecular complexity index is 347. The highest BCUT2D eigenvalue weighted by Crippen LogP contribution is 2.15. The molecule has 0 saturated carbocycles. The van der Waals surface area contributed by atoms with Crippen LogP contribution in [0.4, 0.5) is 0 Å². The maximum absolute atomic E-state index is 10.9. The van der Waals surface area contributed by atoms with E-state index in [0.29, 0.717) is 6.42 Å². The van der Waals surface area contributed by atoms with E-state index in [4.69, 9.17) is 5.11 Å². The summed E-state index contributed by atoms with van der Waals surface area (Å²) in [6, 6.07) is -0.687. The molecule has 0 aliphatic heterocycles. The number of nitro groups is 1. The molecule has 0 heterocycles. The zero-order valence-electron chi connectivity index (χ0n) is 16.9. The van der Waals surface area contributed by atoms with Crippen molar-refractivity contribution in [3.63, 3.8) is 0 Å². The van der Waals surface area contributed by atoms with E-state index in [2.05, 4.69) is 6.92 Å². The van der Waals surface area contributed by atoms with Crippen LogP contribution in [0.15, 0.2) is 0 Å². The van der Waals surface area contributed by atoms with E-state index in [1.807, 2.05) is 0 Å². The average Bonchev–Trinajstić information content (AvgIpc) is 2.60. The smallest absolute Gasteiger partial charge is 0.303 e. The number of aliphatic carboxylic acids is 1. The normalized spacial score (nSPS) is 12.2. The largest absolute Gasteiger partial charge is 0.481 e. The van der Waals surface area contributed by atoms with Gasteiger partial charge in [-0.15, -0.1) is 0 Å². The monoisotopic (exact) mass is 371 g/mol. The van der Waals surface area contributed by atoms with Gasteiger partial charge in [0, 0.05) is 17.8 Å². The predicted molar refractivity (Wildman–Crippen MR) is 107 cm³/mol. The molecule has 0 radical (unpaired) electrons. The van der Waals surface area contributed by atoms with Crippen molar-refractivity contribution in [1.29, 1.82) is 0 Å². The lowest BCUT2D eigenvalue weighted by Crippen LogP contribution is -2.20. The van der Waals surface area contributed by atoms with Crippen molar-refractivity contribution in [2.75, 3.05) is 0 Å². The second-order valence-corrected chi connectivity index (χ2v) is 7.61. The molecule has 0 aromatic rings. The highest BCUT2D eigenvalue weighted by Gasteiger charge is 2.20. The van der Waals surface area contributed by atoms with Gasteiger partial charge < -0.3 is 5.11 Å². The van der Waals surface area contributed by atoms with Crippen LogP contribution in [0.2, 0.25) is 0 Å². The number of hydrogen-bond donors (Lipinski definition) is 1. The first kappa shape index (κ1) is 24.9. The summed E-state index contributed by atoms with van der Waals surface area (Å²) in [5, 5.41) is 19.5. The first-order valence-corrected chi connectivity index (χ1v) is 10.9. The molecule has 0 aromatic heterocycles. The molecule has 1 N–H and O–H groups in total. The molecule has 26 heavy (non-hydrogen) atoms. The number of hydrogen-bond acceptors (Lipinski definition) is 3. The van der Waals surface area contributed by atoms with Crippen LogP contribution in [0.25, 0.3) is 0 Å². The molecule has 5 nitrogen and oxygen atoms in total. The second kappa shape index (κ2) is 18.7. The third kappa shape index (κ3) is 17.7. The van der Waals surface area contributed by atoms with E-state index >= 15 is 0 Å². The minimum Gasteiger partial charge on any atom is -0.481 e. The summed E-state index contributed by atoms with van der Waals surface area (Å²) in [7, 11) is 0. The molecule has 154 valence electrons. The van der Waals surface area contributed by atoms with Gasteiger partial charge in [0.25, 0.3) is 0 Å². The molecular weight excluding hydrogens is 330 g/mol. The van der Waals surface area contributed by atoms with Crippen molar-refractivity contribution < 1.29 is 14.8 Å². The van der Waals surface area contributed by atoms with Crippen LogP contribution < -0.4 is 0 Å². The molecule has 5 heteroatoms. The van der Waals surface area contributed by atoms with E-state index in [1.54, 1.807) is 0 Å². The van der Waals surface area contributed by atoms with Gasteiger partial charge in [-0.1, -0.05) is 96.8 Å². The molecule has 1 atom stereocenters. The fraction of sp³-hybridized carbons (Fsp3) is 0.952. The molecule has 0 amide bonds. The SMILES string of the molecule is CCCCCCCCCCCCCCCCCC(CCC(=O)O)[N+](=O)[O-]. The van der Waals surface area contributed by atoms with E-state index in [0.717, 1.165) is 19.3 Å². The molecule has 0 spiro atoms. The zero-order chi connectivity index (χ0) is 19.5. The lowest BCUT2D eigenvalue weighted by Gasteiger charge is -2.08. The number of rotatable bonds is 20. The molecule has 0 saturated heterocycles. The molecule has 1 unspecified atom stereocenters. The van der Waals surface area contributed by atoms with Gasteiger partial charge in [-0.2, -0.15) is 0 Å². The molecule has 0 bridgehead atoms. The Morgan fingerprint density at radius 1 is 0.769 bits per heavy atom. The van der Waals surface area contributed by atoms with E-state index < -0.39 is 12.0 Å². The van der Waals surface area contributed by atoms with Gasteiger partial charge in [0.2, 0.25) is 6.04 Å². The van der Waals surface area contributed by atoms with Crippen LogP contribution in [0.3, 0.4) is 0 Å². The van der Waals surface area contributed by atoms with Crippen LogP contribution in [0.1, 0.15) is 122 Å². The Labute approximate surface area is 160 Å². The van der Waals surface area contributed by atoms with Crippen molar-refractivity contribution in [3.05, 3.63) is 10.1 Å². The maximum atomic E-state index is 10.9. The highest BCUT2D eigenvalue weighted by atomic mass is 16.6. The molecule has 0 fully saturated rings. The summed E-state index contributed by atoms with van der Waals surface area (Å²) in [6.45, 7) is 2.26. The summed E-state index contributed by atoms with van der Waals surface area (Å²) >= 11 is 0. The summed E-state index contributed by atoms with van der Waals surface area (Å²) < 4.78 is 0. The quantitative estimate of drug-likeness (QED) is 0.146. The standard InChI is InChI=1S/C21H41NO4/c1-2-3-4-5-6-7-8-9-10-11-12-13-14-15-16-17-20(22(25)26)18-19-21(23)24/h20H,2-19H2,1H3,(H,23,24). The maximum Gasteiger partial charge on any atom is 0.303 e. The van der Waals surface area contributed by atoms with Crippen molar-refractivity contribution >= 4 is 5.97 Å². The lowest BCUT2D eigenvalue weighted by atomic mass is 10.0. The average molecular weight is 372 g/mol. The number of carboxylic acids is 1. The van der Waals surface area contributed by atoms with Crippen molar-refractivity contribution in [2.45, 2.75) is 129 Å². The molecule has 0 rings (SSSR count). The zero-order valence-corrected chi connectivity index (χ0v) is 16.9. The number of nitrogens with zero attached hydrogens (tertiary/aromatic N) is 1. The Hall–Kier alpha value is -1.13. The van der Waals surface area contributed by atoms with Gasteiger partial charge >= 0.3 is 5.97 Å².